The summed E-state index contributed by atoms with van der Waals surface area (Å²) < 4.78 is 3.38. The van der Waals surface area contributed by atoms with E-state index in [0.717, 1.165) is 11.2 Å². The summed E-state index contributed by atoms with van der Waals surface area (Å²) in [4.78, 5) is 0. The van der Waals surface area contributed by atoms with Crippen molar-refractivity contribution in [2.24, 2.45) is 5.92 Å². The number of hydrogen-bond acceptors (Lipinski definition) is 2. The second-order valence-corrected chi connectivity index (χ2v) is 4.27. The molecule has 0 aliphatic carbocycles. The van der Waals surface area contributed by atoms with Crippen LogP contribution in [0.15, 0.2) is 0 Å². The summed E-state index contributed by atoms with van der Waals surface area (Å²) in [6, 6.07) is 0.709. The Bertz CT molecular complexity index is 94.9. The fraction of sp³-hybridized carbons (Fsp3) is 1.00. The fourth-order valence-electron chi connectivity index (χ4n) is 1.14. The highest BCUT2D eigenvalue weighted by Gasteiger charge is 2.21. The third-order valence-corrected chi connectivity index (χ3v) is 3.36. The normalized spacial score (nSPS) is 45.0. The van der Waals surface area contributed by atoms with Crippen molar-refractivity contribution in [3.8, 4) is 0 Å². The van der Waals surface area contributed by atoms with Crippen LogP contribution in [-0.4, -0.2) is 11.3 Å². The first kappa shape index (κ1) is 7.42. The van der Waals surface area contributed by atoms with Crippen molar-refractivity contribution in [3.05, 3.63) is 0 Å². The van der Waals surface area contributed by atoms with Gasteiger partial charge in [0.15, 0.2) is 0 Å². The van der Waals surface area contributed by atoms with Crippen molar-refractivity contribution in [1.29, 1.82) is 0 Å². The van der Waals surface area contributed by atoms with Gasteiger partial charge in [0.1, 0.15) is 0 Å². The zero-order valence-electron chi connectivity index (χ0n) is 6.35. The van der Waals surface area contributed by atoms with Gasteiger partial charge in [-0.2, -0.15) is 0 Å². The van der Waals surface area contributed by atoms with Crippen LogP contribution in [0.2, 0.25) is 0 Å². The molecule has 0 spiro atoms. The average Bonchev–Trinajstić information content (AvgIpc) is 1.80. The molecule has 1 aliphatic heterocycles. The Balaban J connectivity index is 2.35. The Morgan fingerprint density at radius 2 is 2.00 bits per heavy atom. The second kappa shape index (κ2) is 2.93. The molecule has 2 heteroatoms. The average molecular weight is 145 g/mol. The smallest absolute Gasteiger partial charge is 0.0190 e. The molecule has 0 aromatic heterocycles. The lowest BCUT2D eigenvalue weighted by Gasteiger charge is -2.29. The zero-order chi connectivity index (χ0) is 6.85. The Kier molecular flexibility index (Phi) is 2.42. The van der Waals surface area contributed by atoms with Gasteiger partial charge >= 0.3 is 0 Å². The minimum atomic E-state index is 0.709. The lowest BCUT2D eigenvalue weighted by atomic mass is 10.0. The third kappa shape index (κ3) is 1.87. The summed E-state index contributed by atoms with van der Waals surface area (Å²) in [6.07, 6.45) is 1.33. The van der Waals surface area contributed by atoms with Crippen LogP contribution in [0.4, 0.5) is 0 Å². The summed E-state index contributed by atoms with van der Waals surface area (Å²) in [6.45, 7) is 6.86. The van der Waals surface area contributed by atoms with Gasteiger partial charge in [-0.05, 0) is 19.3 Å². The fourth-order valence-corrected chi connectivity index (χ4v) is 2.02. The van der Waals surface area contributed by atoms with Gasteiger partial charge in [0, 0.05) is 11.3 Å². The van der Waals surface area contributed by atoms with Crippen LogP contribution in [0.3, 0.4) is 0 Å². The minimum absolute atomic E-state index is 0.709. The van der Waals surface area contributed by atoms with Crippen LogP contribution in [0, 0.1) is 5.92 Å². The third-order valence-electron chi connectivity index (χ3n) is 1.98. The first-order chi connectivity index (χ1) is 4.20. The van der Waals surface area contributed by atoms with Crippen molar-refractivity contribution in [2.45, 2.75) is 38.5 Å². The number of rotatable bonds is 0. The standard InChI is InChI=1S/C7H15NS/c1-5-4-6(2)8-9-7(5)3/h5-8H,4H2,1-3H3. The van der Waals surface area contributed by atoms with Crippen molar-refractivity contribution < 1.29 is 0 Å². The molecule has 1 fully saturated rings. The SMILES string of the molecule is CC1CC(C)C(C)SN1. The van der Waals surface area contributed by atoms with E-state index in [-0.39, 0.29) is 0 Å². The van der Waals surface area contributed by atoms with Crippen LogP contribution in [0.25, 0.3) is 0 Å². The molecule has 1 nitrogen and oxygen atoms in total. The molecule has 1 N–H and O–H groups in total. The van der Waals surface area contributed by atoms with E-state index in [9.17, 15) is 0 Å². The molecule has 3 unspecified atom stereocenters. The predicted molar refractivity (Wildman–Crippen MR) is 43.4 cm³/mol. The zero-order valence-corrected chi connectivity index (χ0v) is 7.16. The second-order valence-electron chi connectivity index (χ2n) is 3.05. The Morgan fingerprint density at radius 3 is 2.44 bits per heavy atom. The van der Waals surface area contributed by atoms with Crippen LogP contribution in [-0.2, 0) is 0 Å². The molecule has 1 rings (SSSR count). The van der Waals surface area contributed by atoms with Crippen molar-refractivity contribution >= 4 is 11.9 Å². The van der Waals surface area contributed by atoms with Crippen molar-refractivity contribution in [2.75, 3.05) is 0 Å². The molecular weight excluding hydrogens is 130 g/mol. The van der Waals surface area contributed by atoms with Gasteiger partial charge in [0.25, 0.3) is 0 Å². The number of nitrogens with one attached hydrogen (secondary N) is 1. The molecule has 1 aliphatic rings. The van der Waals surface area contributed by atoms with E-state index in [2.05, 4.69) is 25.5 Å². The minimum Gasteiger partial charge on any atom is -0.261 e. The van der Waals surface area contributed by atoms with Crippen LogP contribution in [0.5, 0.6) is 0 Å². The Hall–Kier alpha value is 0.310. The topological polar surface area (TPSA) is 12.0 Å². The molecule has 0 radical (unpaired) electrons. The summed E-state index contributed by atoms with van der Waals surface area (Å²) >= 11 is 1.88. The van der Waals surface area contributed by atoms with E-state index < -0.39 is 0 Å². The van der Waals surface area contributed by atoms with Crippen LogP contribution in [0.1, 0.15) is 27.2 Å². The van der Waals surface area contributed by atoms with E-state index in [1.54, 1.807) is 0 Å². The Morgan fingerprint density at radius 1 is 1.33 bits per heavy atom. The lowest BCUT2D eigenvalue weighted by molar-refractivity contribution is 0.441. The highest BCUT2D eigenvalue weighted by molar-refractivity contribution is 7.98. The van der Waals surface area contributed by atoms with Crippen molar-refractivity contribution in [3.63, 3.8) is 0 Å². The highest BCUT2D eigenvalue weighted by atomic mass is 32.2. The molecule has 0 amide bonds. The maximum absolute atomic E-state index is 3.38. The maximum atomic E-state index is 3.38. The summed E-state index contributed by atoms with van der Waals surface area (Å²) in [5, 5.41) is 0.793. The molecule has 1 saturated heterocycles. The molecule has 3 atom stereocenters. The molecule has 0 aromatic rings. The molecule has 1 heterocycles. The van der Waals surface area contributed by atoms with Gasteiger partial charge in [0.2, 0.25) is 0 Å². The van der Waals surface area contributed by atoms with E-state index in [4.69, 9.17) is 0 Å². The molecule has 54 valence electrons. The molecule has 0 aromatic carbocycles. The largest absolute Gasteiger partial charge is 0.261 e. The van der Waals surface area contributed by atoms with E-state index in [1.165, 1.54) is 6.42 Å². The number of hydrogen-bond donors (Lipinski definition) is 1. The molecule has 0 bridgehead atoms. The first-order valence-corrected chi connectivity index (χ1v) is 4.49. The highest BCUT2D eigenvalue weighted by Crippen LogP contribution is 2.26. The lowest BCUT2D eigenvalue weighted by Crippen LogP contribution is -2.33. The van der Waals surface area contributed by atoms with Gasteiger partial charge in [-0.25, -0.2) is 0 Å². The molecule has 0 saturated carbocycles. The summed E-state index contributed by atoms with van der Waals surface area (Å²) in [7, 11) is 0. The maximum Gasteiger partial charge on any atom is 0.0190 e. The summed E-state index contributed by atoms with van der Waals surface area (Å²) in [5.74, 6) is 0.881. The molecule has 9 heavy (non-hydrogen) atoms. The van der Waals surface area contributed by atoms with Crippen LogP contribution < -0.4 is 4.72 Å². The van der Waals surface area contributed by atoms with Gasteiger partial charge in [-0.3, -0.25) is 4.72 Å². The van der Waals surface area contributed by atoms with Gasteiger partial charge in [-0.15, -0.1) is 0 Å². The molecular formula is C7H15NS. The quantitative estimate of drug-likeness (QED) is 0.523. The predicted octanol–water partition coefficient (Wildman–Crippen LogP) is 2.04. The first-order valence-electron chi connectivity index (χ1n) is 3.61. The monoisotopic (exact) mass is 145 g/mol. The van der Waals surface area contributed by atoms with Crippen molar-refractivity contribution in [1.82, 2.24) is 4.72 Å². The van der Waals surface area contributed by atoms with E-state index >= 15 is 0 Å². The van der Waals surface area contributed by atoms with Gasteiger partial charge in [-0.1, -0.05) is 25.8 Å². The van der Waals surface area contributed by atoms with E-state index in [0.29, 0.717) is 6.04 Å². The Labute approximate surface area is 61.7 Å². The van der Waals surface area contributed by atoms with Crippen LogP contribution >= 0.6 is 11.9 Å². The van der Waals surface area contributed by atoms with Gasteiger partial charge in [0.05, 0.1) is 0 Å². The van der Waals surface area contributed by atoms with Gasteiger partial charge < -0.3 is 0 Å². The summed E-state index contributed by atoms with van der Waals surface area (Å²) in [5.41, 5.74) is 0. The van der Waals surface area contributed by atoms with E-state index in [1.807, 2.05) is 11.9 Å².